The maximum absolute atomic E-state index is 12.8. The summed E-state index contributed by atoms with van der Waals surface area (Å²) in [7, 11) is 1.18. The van der Waals surface area contributed by atoms with Gasteiger partial charge in [0.1, 0.15) is 13.2 Å². The van der Waals surface area contributed by atoms with E-state index in [0.717, 1.165) is 57.8 Å². The molecule has 8 nitrogen and oxygen atoms in total. The van der Waals surface area contributed by atoms with Crippen LogP contribution < -0.4 is 10.2 Å². The molecule has 0 aromatic heterocycles. The van der Waals surface area contributed by atoms with Gasteiger partial charge in [-0.15, -0.1) is 0 Å². The van der Waals surface area contributed by atoms with Crippen LogP contribution in [0.2, 0.25) is 0 Å². The normalized spacial score (nSPS) is 15.2. The number of hydrogen-bond donors (Lipinski definition) is 2. The summed E-state index contributed by atoms with van der Waals surface area (Å²) in [4.78, 5) is 25.3. The molecule has 0 rings (SSSR count). The Morgan fingerprint density at radius 2 is 1.05 bits per heavy atom. The number of aliphatic hydroxyl groups is 1. The van der Waals surface area contributed by atoms with E-state index in [1.165, 1.54) is 70.6 Å². The van der Waals surface area contributed by atoms with E-state index in [9.17, 15) is 19.4 Å². The van der Waals surface area contributed by atoms with Crippen LogP contribution in [0, 0.1) is 0 Å². The molecule has 3 atom stereocenters. The molecule has 3 unspecified atom stereocenters. The van der Waals surface area contributed by atoms with Gasteiger partial charge in [-0.1, -0.05) is 169 Å². The number of likely N-dealkylation sites (N-methyl/N-ethyl adjacent to an activating group) is 1. The minimum atomic E-state index is -4.62. The molecule has 0 aliphatic rings. The van der Waals surface area contributed by atoms with Crippen molar-refractivity contribution >= 4 is 13.7 Å². The molecule has 0 aliphatic carbocycles. The van der Waals surface area contributed by atoms with Crippen molar-refractivity contribution in [3.63, 3.8) is 0 Å². The molecule has 0 heterocycles. The third kappa shape index (κ3) is 43.3. The Morgan fingerprint density at radius 3 is 1.58 bits per heavy atom. The van der Waals surface area contributed by atoms with Crippen LogP contribution in [0.25, 0.3) is 0 Å². The van der Waals surface area contributed by atoms with E-state index in [1.54, 1.807) is 6.08 Å². The van der Waals surface area contributed by atoms with Gasteiger partial charge in [-0.05, 0) is 83.5 Å². The zero-order valence-electron chi connectivity index (χ0n) is 38.2. The Bertz CT molecular complexity index is 1280. The summed E-state index contributed by atoms with van der Waals surface area (Å²) in [6.07, 6.45) is 57.6. The third-order valence-corrected chi connectivity index (χ3v) is 10.5. The highest BCUT2D eigenvalue weighted by Gasteiger charge is 2.23. The number of carbonyl (C=O) groups is 1. The summed E-state index contributed by atoms with van der Waals surface area (Å²) in [5.41, 5.74) is 0. The third-order valence-electron chi connectivity index (χ3n) is 9.51. The first kappa shape index (κ1) is 56.4. The summed E-state index contributed by atoms with van der Waals surface area (Å²) in [5.74, 6) is -0.273. The van der Waals surface area contributed by atoms with Gasteiger partial charge in [0.25, 0.3) is 7.82 Å². The monoisotopic (exact) mass is 843 g/mol. The Morgan fingerprint density at radius 1 is 0.610 bits per heavy atom. The van der Waals surface area contributed by atoms with Crippen molar-refractivity contribution in [2.24, 2.45) is 0 Å². The highest BCUT2D eigenvalue weighted by atomic mass is 31.2. The van der Waals surface area contributed by atoms with E-state index in [4.69, 9.17) is 9.05 Å². The number of aliphatic hydroxyl groups excluding tert-OH is 1. The van der Waals surface area contributed by atoms with Gasteiger partial charge in [0, 0.05) is 6.42 Å². The fourth-order valence-electron chi connectivity index (χ4n) is 5.86. The number of phosphoric acid groups is 1. The van der Waals surface area contributed by atoms with Crippen molar-refractivity contribution in [2.45, 2.75) is 174 Å². The lowest BCUT2D eigenvalue weighted by molar-refractivity contribution is -0.870. The van der Waals surface area contributed by atoms with Gasteiger partial charge in [0.15, 0.2) is 0 Å². The molecule has 9 heteroatoms. The number of rotatable bonds is 40. The van der Waals surface area contributed by atoms with E-state index < -0.39 is 26.6 Å². The van der Waals surface area contributed by atoms with Crippen molar-refractivity contribution in [1.82, 2.24) is 5.32 Å². The second kappa shape index (κ2) is 40.8. The molecule has 0 aliphatic heterocycles. The smallest absolute Gasteiger partial charge is 0.268 e. The number of carbonyl (C=O) groups excluding carboxylic acids is 1. The Balaban J connectivity index is 4.60. The minimum Gasteiger partial charge on any atom is -0.756 e. The number of unbranched alkanes of at least 4 members (excludes halogenated alkanes) is 13. The topological polar surface area (TPSA) is 108 Å². The SMILES string of the molecule is CC/C=C\C/C=C\C/C=C\C/C=C\C/C=C\CCCC(=O)NC(COP(=O)([O-])OCC[N+](C)(C)C)C(O)/C=C/CC/C=C/CC/C=C/CCCCCCCCCCCC. The molecule has 0 radical (unpaired) electrons. The molecule has 0 spiro atoms. The number of hydrogen-bond acceptors (Lipinski definition) is 6. The average molecular weight is 843 g/mol. The Labute approximate surface area is 362 Å². The average Bonchev–Trinajstić information content (AvgIpc) is 3.19. The highest BCUT2D eigenvalue weighted by Crippen LogP contribution is 2.38. The molecule has 0 bridgehead atoms. The van der Waals surface area contributed by atoms with Crippen molar-refractivity contribution < 1.29 is 32.9 Å². The summed E-state index contributed by atoms with van der Waals surface area (Å²) in [5, 5.41) is 13.7. The van der Waals surface area contributed by atoms with Crippen LogP contribution in [0.3, 0.4) is 0 Å². The molecule has 59 heavy (non-hydrogen) atoms. The first-order valence-electron chi connectivity index (χ1n) is 23.1. The maximum Gasteiger partial charge on any atom is 0.268 e. The van der Waals surface area contributed by atoms with Crippen LogP contribution in [0.5, 0.6) is 0 Å². The predicted molar refractivity (Wildman–Crippen MR) is 251 cm³/mol. The first-order valence-corrected chi connectivity index (χ1v) is 24.6. The standard InChI is InChI=1S/C50H87N2O6P/c1-6-8-10-12-14-16-18-20-22-24-25-26-28-29-31-33-35-37-39-41-43-49(53)48(47-58-59(55,56)57-46-45-52(3,4)5)51-50(54)44-42-40-38-36-34-32-30-27-23-21-19-17-15-13-11-9-7-2/h9,11,15,17,21,23,26,28,30,32-33,35-36,38,41,43,48-49,53H,6-8,10,12-14,16,18-20,22,24-25,27,29,31,34,37,39-40,42,44-47H2,1-5H3,(H-,51,54,55,56)/b11-9-,17-15-,23-21-,28-26+,32-30-,35-33+,38-36-,43-41+. The van der Waals surface area contributed by atoms with Gasteiger partial charge >= 0.3 is 0 Å². The molecular formula is C50H87N2O6P. The van der Waals surface area contributed by atoms with Crippen LogP contribution in [0.15, 0.2) is 97.2 Å². The first-order chi connectivity index (χ1) is 28.5. The van der Waals surface area contributed by atoms with Crippen molar-refractivity contribution in [1.29, 1.82) is 0 Å². The van der Waals surface area contributed by atoms with Gasteiger partial charge in [0.05, 0.1) is 39.9 Å². The van der Waals surface area contributed by atoms with Crippen LogP contribution in [-0.4, -0.2) is 68.5 Å². The summed E-state index contributed by atoms with van der Waals surface area (Å²) >= 11 is 0. The van der Waals surface area contributed by atoms with Crippen molar-refractivity contribution in [2.75, 3.05) is 40.9 Å². The van der Waals surface area contributed by atoms with E-state index in [0.29, 0.717) is 23.9 Å². The molecule has 2 N–H and O–H groups in total. The maximum atomic E-state index is 12.8. The summed E-state index contributed by atoms with van der Waals surface area (Å²) in [6.45, 7) is 4.43. The number of amides is 1. The van der Waals surface area contributed by atoms with Gasteiger partial charge in [-0.2, -0.15) is 0 Å². The van der Waals surface area contributed by atoms with E-state index in [2.05, 4.69) is 104 Å². The van der Waals surface area contributed by atoms with Crippen LogP contribution in [0.1, 0.15) is 162 Å². The molecule has 0 aromatic rings. The quantitative estimate of drug-likeness (QED) is 0.0275. The zero-order valence-corrected chi connectivity index (χ0v) is 39.1. The van der Waals surface area contributed by atoms with Crippen molar-refractivity contribution in [3.05, 3.63) is 97.2 Å². The van der Waals surface area contributed by atoms with Gasteiger partial charge in [-0.3, -0.25) is 9.36 Å². The number of quaternary nitrogens is 1. The van der Waals surface area contributed by atoms with Gasteiger partial charge in [-0.25, -0.2) is 0 Å². The minimum absolute atomic E-state index is 0.0250. The molecule has 0 saturated heterocycles. The van der Waals surface area contributed by atoms with Gasteiger partial charge in [0.2, 0.25) is 5.91 Å². The van der Waals surface area contributed by atoms with Crippen LogP contribution >= 0.6 is 7.82 Å². The molecular weight excluding hydrogens is 756 g/mol. The lowest BCUT2D eigenvalue weighted by Gasteiger charge is -2.29. The Hall–Kier alpha value is -2.58. The number of phosphoric ester groups is 1. The lowest BCUT2D eigenvalue weighted by atomic mass is 10.1. The van der Waals surface area contributed by atoms with E-state index in [1.807, 2.05) is 27.2 Å². The van der Waals surface area contributed by atoms with Crippen LogP contribution in [0.4, 0.5) is 0 Å². The number of nitrogens with zero attached hydrogens (tertiary/aromatic N) is 1. The lowest BCUT2D eigenvalue weighted by Crippen LogP contribution is -2.45. The fraction of sp³-hybridized carbons (Fsp3) is 0.660. The van der Waals surface area contributed by atoms with Crippen molar-refractivity contribution in [3.8, 4) is 0 Å². The molecule has 1 amide bonds. The second-order valence-corrected chi connectivity index (χ2v) is 17.8. The van der Waals surface area contributed by atoms with Gasteiger partial charge < -0.3 is 28.8 Å². The van der Waals surface area contributed by atoms with E-state index in [-0.39, 0.29) is 18.9 Å². The molecule has 338 valence electrons. The molecule has 0 aromatic carbocycles. The number of nitrogens with one attached hydrogen (secondary N) is 1. The highest BCUT2D eigenvalue weighted by molar-refractivity contribution is 7.45. The van der Waals surface area contributed by atoms with Crippen LogP contribution in [-0.2, 0) is 18.4 Å². The molecule has 0 fully saturated rings. The van der Waals surface area contributed by atoms with E-state index >= 15 is 0 Å². The largest absolute Gasteiger partial charge is 0.756 e. The molecule has 0 saturated carbocycles. The predicted octanol–water partition coefficient (Wildman–Crippen LogP) is 12.5. The summed E-state index contributed by atoms with van der Waals surface area (Å²) in [6, 6.07) is -0.945. The summed E-state index contributed by atoms with van der Waals surface area (Å²) < 4.78 is 23.2. The number of allylic oxidation sites excluding steroid dienone is 15. The zero-order chi connectivity index (χ0) is 43.6. The Kier molecular flexibility index (Phi) is 39.0. The second-order valence-electron chi connectivity index (χ2n) is 16.4. The fourth-order valence-corrected chi connectivity index (χ4v) is 6.59.